The first-order valence-electron chi connectivity index (χ1n) is 27.5. The van der Waals surface area contributed by atoms with Crippen molar-refractivity contribution in [3.05, 3.63) is 23.3 Å². The van der Waals surface area contributed by atoms with E-state index in [-0.39, 0.29) is 72.9 Å². The predicted octanol–water partition coefficient (Wildman–Crippen LogP) is 6.68. The highest BCUT2D eigenvalue weighted by Crippen LogP contribution is 2.38. The number of rotatable bonds is 7. The number of allylic oxidation sites excluding steroid dienone is 2. The topological polar surface area (TPSA) is 217 Å². The maximum Gasteiger partial charge on any atom is 0.410 e. The largest absolute Gasteiger partial charge is 0.460 e. The molecule has 0 aromatic rings. The smallest absolute Gasteiger partial charge is 0.410 e. The minimum Gasteiger partial charge on any atom is -0.460 e. The second-order valence-electron chi connectivity index (χ2n) is 22.4. The van der Waals surface area contributed by atoms with Crippen LogP contribution in [0.2, 0.25) is 0 Å². The Hall–Kier alpha value is -3.58. The Morgan fingerprint density at radius 3 is 2.23 bits per heavy atom. The van der Waals surface area contributed by atoms with Crippen molar-refractivity contribution in [1.82, 2.24) is 15.1 Å². The number of aliphatic hydroxyl groups excluding tert-OH is 1. The molecule has 0 spiro atoms. The summed E-state index contributed by atoms with van der Waals surface area (Å²) in [6.07, 6.45) is 7.32. The molecule has 1 aliphatic carbocycles. The van der Waals surface area contributed by atoms with Crippen LogP contribution in [0.1, 0.15) is 151 Å². The number of methoxy groups -OCH3 is 3. The summed E-state index contributed by atoms with van der Waals surface area (Å²) in [6, 6.07) is -1.16. The summed E-state index contributed by atoms with van der Waals surface area (Å²) in [5.41, 5.74) is 1.39. The fourth-order valence-corrected chi connectivity index (χ4v) is 11.8. The highest BCUT2D eigenvalue weighted by Gasteiger charge is 2.53. The lowest BCUT2D eigenvalue weighted by atomic mass is 9.78. The molecular weight excluding hydrogens is 939 g/mol. The van der Waals surface area contributed by atoms with Crippen LogP contribution in [-0.2, 0) is 52.4 Å². The number of nitrogens with one attached hydrogen (secondary N) is 1. The molecular formula is C56H91N3O14. The zero-order valence-corrected chi connectivity index (χ0v) is 45.8. The standard InChI is InChI=1S/C56H91N3O14/c1-34-16-12-11-13-17-35(2)46(68-8)32-42-21-19-40(7)56(67,73-42)52(63)53(64)59-25-15-14-18-43(59)54(65)71-47(33-44(60)36(3)29-39(6)50(62)51(70-10)49(61)38(5)28-34)37(4)30-41-20-22-45(48(31-41)69-9)72-55(66)58-26-23-57-24-27-58/h17,29,34,36-38,40-43,45-48,50-51,57,62,67H,11-16,18-28,30-33H2,1-10H3/b35-17+,39-29+/t34-,36-,37-,38-,40-,41+,42+,43+,45-,46+,47+,48-,50-,51+,56-/m1/s1. The monoisotopic (exact) mass is 1030 g/mol. The SMILES string of the molecule is CO[C@H]1C[C@@H]2CC[C@@H](C)[C@@](O)(O2)C(=O)C(=O)N2CCCC[C@H]2C(=O)O[C@H]([C@H](C)C[C@@H]2CC[C@@H](OC(=O)N3CCNCC3)[C@H](OC)C2)CC(=O)[C@H](C)/C=C(\C)[C@@H](O)[C@@H](OC)C(=O)[C@H](C)C[C@H](C)CCCC/C=C/1C. The van der Waals surface area contributed by atoms with Crippen LogP contribution in [0.4, 0.5) is 4.79 Å². The summed E-state index contributed by atoms with van der Waals surface area (Å²) in [5, 5.41) is 26.8. The van der Waals surface area contributed by atoms with Gasteiger partial charge in [-0.3, -0.25) is 19.2 Å². The number of amides is 2. The molecule has 1 saturated carbocycles. The number of nitrogens with zero attached hydrogens (tertiary/aromatic N) is 2. The van der Waals surface area contributed by atoms with Crippen molar-refractivity contribution in [2.45, 2.75) is 206 Å². The Balaban J connectivity index is 1.42. The van der Waals surface area contributed by atoms with Crippen LogP contribution in [0.15, 0.2) is 23.3 Å². The Bertz CT molecular complexity index is 1920. The average Bonchev–Trinajstić information content (AvgIpc) is 3.38. The molecule has 5 aliphatic rings. The highest BCUT2D eigenvalue weighted by atomic mass is 16.6. The van der Waals surface area contributed by atoms with Gasteiger partial charge >= 0.3 is 12.1 Å². The molecule has 0 radical (unpaired) electrons. The third-order valence-electron chi connectivity index (χ3n) is 16.7. The number of fused-ring (bicyclic) bond motifs is 3. The molecule has 414 valence electrons. The first-order chi connectivity index (χ1) is 34.7. The van der Waals surface area contributed by atoms with Crippen LogP contribution in [0.3, 0.4) is 0 Å². The van der Waals surface area contributed by atoms with Crippen molar-refractivity contribution in [3.8, 4) is 0 Å². The van der Waals surface area contributed by atoms with E-state index < -0.39 is 71.8 Å². The average molecular weight is 1030 g/mol. The molecule has 4 aliphatic heterocycles. The van der Waals surface area contributed by atoms with Gasteiger partial charge < -0.3 is 53.8 Å². The van der Waals surface area contributed by atoms with Crippen molar-refractivity contribution >= 4 is 35.3 Å². The van der Waals surface area contributed by atoms with Crippen LogP contribution < -0.4 is 5.32 Å². The van der Waals surface area contributed by atoms with E-state index in [9.17, 15) is 39.0 Å². The second-order valence-corrected chi connectivity index (χ2v) is 22.4. The zero-order chi connectivity index (χ0) is 53.6. The van der Waals surface area contributed by atoms with E-state index >= 15 is 0 Å². The summed E-state index contributed by atoms with van der Waals surface area (Å²) < 4.78 is 36.0. The summed E-state index contributed by atoms with van der Waals surface area (Å²) in [6.45, 7) is 15.6. The fourth-order valence-electron chi connectivity index (χ4n) is 11.8. The summed E-state index contributed by atoms with van der Waals surface area (Å²) in [4.78, 5) is 87.4. The zero-order valence-electron chi connectivity index (χ0n) is 45.8. The predicted molar refractivity (Wildman–Crippen MR) is 274 cm³/mol. The number of ether oxygens (including phenoxy) is 6. The van der Waals surface area contributed by atoms with E-state index in [4.69, 9.17) is 28.4 Å². The maximum absolute atomic E-state index is 14.6. The lowest BCUT2D eigenvalue weighted by Gasteiger charge is -2.42. The summed E-state index contributed by atoms with van der Waals surface area (Å²) in [5.74, 6) is -7.72. The van der Waals surface area contributed by atoms with E-state index in [0.29, 0.717) is 96.0 Å². The van der Waals surface area contributed by atoms with Crippen molar-refractivity contribution in [2.75, 3.05) is 54.1 Å². The number of hydrogen-bond acceptors (Lipinski definition) is 15. The van der Waals surface area contributed by atoms with Crippen molar-refractivity contribution in [2.24, 2.45) is 35.5 Å². The number of ketones is 3. The quantitative estimate of drug-likeness (QED) is 0.138. The van der Waals surface area contributed by atoms with Gasteiger partial charge in [0.15, 0.2) is 5.78 Å². The molecule has 4 heterocycles. The van der Waals surface area contributed by atoms with Crippen LogP contribution in [0, 0.1) is 35.5 Å². The lowest BCUT2D eigenvalue weighted by molar-refractivity contribution is -0.265. The normalized spacial score (nSPS) is 38.0. The number of Topliss-reactive ketones (excluding diaryl/α,β-unsaturated/α-hetero) is 3. The summed E-state index contributed by atoms with van der Waals surface area (Å²) >= 11 is 0. The molecule has 17 nitrogen and oxygen atoms in total. The first-order valence-corrected chi connectivity index (χ1v) is 27.5. The third kappa shape index (κ3) is 16.2. The van der Waals surface area contributed by atoms with E-state index in [1.165, 1.54) is 12.0 Å². The molecule has 0 unspecified atom stereocenters. The van der Waals surface area contributed by atoms with E-state index in [1.54, 1.807) is 46.0 Å². The van der Waals surface area contributed by atoms with Crippen LogP contribution in [0.25, 0.3) is 0 Å². The molecule has 73 heavy (non-hydrogen) atoms. The van der Waals surface area contributed by atoms with Gasteiger partial charge in [0.2, 0.25) is 5.79 Å². The lowest BCUT2D eigenvalue weighted by Crippen LogP contribution is -2.61. The Kier molecular flexibility index (Phi) is 23.6. The Labute approximate surface area is 435 Å². The van der Waals surface area contributed by atoms with E-state index in [0.717, 1.165) is 31.3 Å². The van der Waals surface area contributed by atoms with Gasteiger partial charge in [0.25, 0.3) is 11.7 Å². The van der Waals surface area contributed by atoms with Gasteiger partial charge in [-0.1, -0.05) is 59.6 Å². The molecule has 4 fully saturated rings. The van der Waals surface area contributed by atoms with E-state index in [1.807, 2.05) is 20.8 Å². The van der Waals surface area contributed by atoms with Crippen LogP contribution in [0.5, 0.6) is 0 Å². The van der Waals surface area contributed by atoms with E-state index in [2.05, 4.69) is 18.3 Å². The highest BCUT2D eigenvalue weighted by molar-refractivity contribution is 6.39. The number of aliphatic hydroxyl groups is 2. The number of piperidine rings is 1. The second kappa shape index (κ2) is 28.5. The van der Waals surface area contributed by atoms with Gasteiger partial charge in [-0.05, 0) is 120 Å². The van der Waals surface area contributed by atoms with Gasteiger partial charge in [-0.15, -0.1) is 0 Å². The maximum atomic E-state index is 14.6. The molecule has 0 aromatic carbocycles. The van der Waals surface area contributed by atoms with Gasteiger partial charge in [0.05, 0.1) is 18.3 Å². The van der Waals surface area contributed by atoms with Crippen LogP contribution >= 0.6 is 0 Å². The molecule has 2 bridgehead atoms. The summed E-state index contributed by atoms with van der Waals surface area (Å²) in [7, 11) is 4.62. The van der Waals surface area contributed by atoms with Crippen molar-refractivity contribution in [3.63, 3.8) is 0 Å². The molecule has 2 amide bonds. The Morgan fingerprint density at radius 1 is 0.836 bits per heavy atom. The molecule has 3 N–H and O–H groups in total. The molecule has 17 heteroatoms. The first kappa shape index (κ1) is 60.3. The number of piperazine rings is 1. The van der Waals surface area contributed by atoms with Gasteiger partial charge in [0.1, 0.15) is 36.2 Å². The van der Waals surface area contributed by atoms with Crippen LogP contribution in [-0.4, -0.2) is 164 Å². The molecule has 15 atom stereocenters. The third-order valence-corrected chi connectivity index (χ3v) is 16.7. The van der Waals surface area contributed by atoms with Crippen molar-refractivity contribution in [1.29, 1.82) is 0 Å². The van der Waals surface area contributed by atoms with Gasteiger partial charge in [-0.2, -0.15) is 0 Å². The van der Waals surface area contributed by atoms with Crippen molar-refractivity contribution < 1.29 is 67.4 Å². The number of carbonyl (C=O) groups excluding carboxylic acids is 6. The number of cyclic esters (lactones) is 1. The fraction of sp³-hybridized carbons (Fsp3) is 0.821. The van der Waals surface area contributed by atoms with Gasteiger partial charge in [-0.25, -0.2) is 9.59 Å². The number of carbonyl (C=O) groups is 6. The Morgan fingerprint density at radius 2 is 1.55 bits per heavy atom. The number of esters is 1. The van der Waals surface area contributed by atoms with Gasteiger partial charge in [0, 0.05) is 84.6 Å². The molecule has 3 saturated heterocycles. The molecule has 0 aromatic heterocycles. The number of hydrogen-bond donors (Lipinski definition) is 3. The molecule has 5 rings (SSSR count). The minimum absolute atomic E-state index is 0.0628. The minimum atomic E-state index is -2.42.